The molecule has 0 bridgehead atoms. The highest BCUT2D eigenvalue weighted by atomic mass is 32.1. The van der Waals surface area contributed by atoms with E-state index in [1.807, 2.05) is 36.4 Å². The van der Waals surface area contributed by atoms with Crippen LogP contribution >= 0.6 is 11.3 Å². The van der Waals surface area contributed by atoms with Gasteiger partial charge in [0.05, 0.1) is 28.9 Å². The second-order valence-corrected chi connectivity index (χ2v) is 9.51. The van der Waals surface area contributed by atoms with E-state index in [-0.39, 0.29) is 5.91 Å². The Balaban J connectivity index is 1.51. The molecule has 0 unspecified atom stereocenters. The van der Waals surface area contributed by atoms with Gasteiger partial charge in [0, 0.05) is 6.20 Å². The lowest BCUT2D eigenvalue weighted by Crippen LogP contribution is -2.32. The maximum atomic E-state index is 13.6. The third-order valence-electron chi connectivity index (χ3n) is 5.81. The molecule has 4 nitrogen and oxygen atoms in total. The number of thiazole rings is 1. The fourth-order valence-corrected chi connectivity index (χ4v) is 5.09. The molecule has 2 aromatic heterocycles. The molecule has 5 aromatic rings. The summed E-state index contributed by atoms with van der Waals surface area (Å²) in [6.45, 7) is 4.73. The van der Waals surface area contributed by atoms with E-state index in [1.54, 1.807) is 22.4 Å². The Morgan fingerprint density at radius 2 is 1.76 bits per heavy atom. The zero-order valence-electron chi connectivity index (χ0n) is 18.7. The lowest BCUT2D eigenvalue weighted by Gasteiger charge is -2.20. The molecule has 0 atom stereocenters. The summed E-state index contributed by atoms with van der Waals surface area (Å²) in [5.41, 5.74) is 4.02. The molecule has 33 heavy (non-hydrogen) atoms. The number of aromatic nitrogens is 2. The highest BCUT2D eigenvalue weighted by Gasteiger charge is 2.22. The van der Waals surface area contributed by atoms with Crippen molar-refractivity contribution in [1.29, 1.82) is 0 Å². The first-order chi connectivity index (χ1) is 16.1. The number of nitrogens with zero attached hydrogens (tertiary/aromatic N) is 3. The van der Waals surface area contributed by atoms with Crippen LogP contribution in [0.1, 0.15) is 36.6 Å². The second kappa shape index (κ2) is 9.12. The zero-order chi connectivity index (χ0) is 22.8. The standard InChI is InChI=1S/C28H25N3OS/c1-19(2)24-11-7-12-25-27(24)30-28(33-25)31(18-23-10-5-6-15-29-23)26(32)17-20-13-14-21-8-3-4-9-22(21)16-20/h3-16,19H,17-18H2,1-2H3. The van der Waals surface area contributed by atoms with Gasteiger partial charge >= 0.3 is 0 Å². The first-order valence-electron chi connectivity index (χ1n) is 11.2. The minimum absolute atomic E-state index is 0.0149. The minimum Gasteiger partial charge on any atom is -0.282 e. The van der Waals surface area contributed by atoms with Crippen molar-refractivity contribution < 1.29 is 4.79 Å². The molecule has 0 N–H and O–H groups in total. The van der Waals surface area contributed by atoms with Crippen molar-refractivity contribution in [3.63, 3.8) is 0 Å². The lowest BCUT2D eigenvalue weighted by molar-refractivity contribution is -0.118. The molecule has 164 valence electrons. The van der Waals surface area contributed by atoms with Crippen molar-refractivity contribution in [2.24, 2.45) is 0 Å². The number of fused-ring (bicyclic) bond motifs is 2. The first-order valence-corrected chi connectivity index (χ1v) is 12.0. The van der Waals surface area contributed by atoms with Gasteiger partial charge in [-0.3, -0.25) is 14.7 Å². The van der Waals surface area contributed by atoms with E-state index in [0.717, 1.165) is 32.0 Å². The summed E-state index contributed by atoms with van der Waals surface area (Å²) in [6.07, 6.45) is 2.07. The molecular formula is C28H25N3OS. The van der Waals surface area contributed by atoms with Gasteiger partial charge in [-0.2, -0.15) is 0 Å². The summed E-state index contributed by atoms with van der Waals surface area (Å²) in [7, 11) is 0. The average molecular weight is 452 g/mol. The number of hydrogen-bond donors (Lipinski definition) is 0. The third-order valence-corrected chi connectivity index (χ3v) is 6.85. The van der Waals surface area contributed by atoms with E-state index in [1.165, 1.54) is 10.9 Å². The third kappa shape index (κ3) is 4.50. The first kappa shape index (κ1) is 21.3. The van der Waals surface area contributed by atoms with E-state index in [4.69, 9.17) is 4.98 Å². The molecule has 0 aliphatic rings. The maximum absolute atomic E-state index is 13.6. The van der Waals surface area contributed by atoms with Gasteiger partial charge in [0.15, 0.2) is 5.13 Å². The number of hydrogen-bond acceptors (Lipinski definition) is 4. The Kier molecular flexibility index (Phi) is 5.88. The minimum atomic E-state index is 0.0149. The van der Waals surface area contributed by atoms with Crippen LogP contribution in [0.2, 0.25) is 0 Å². The number of pyridine rings is 1. The summed E-state index contributed by atoms with van der Waals surface area (Å²) >= 11 is 1.56. The summed E-state index contributed by atoms with van der Waals surface area (Å²) < 4.78 is 1.10. The van der Waals surface area contributed by atoms with Crippen LogP contribution in [0.5, 0.6) is 0 Å². The van der Waals surface area contributed by atoms with Gasteiger partial charge in [-0.1, -0.05) is 85.8 Å². The normalized spacial score (nSPS) is 11.4. The summed E-state index contributed by atoms with van der Waals surface area (Å²) in [5.74, 6) is 0.377. The van der Waals surface area contributed by atoms with Crippen molar-refractivity contribution in [2.75, 3.05) is 4.90 Å². The van der Waals surface area contributed by atoms with Crippen LogP contribution in [0.15, 0.2) is 85.1 Å². The van der Waals surface area contributed by atoms with Crippen LogP contribution in [0.25, 0.3) is 21.0 Å². The van der Waals surface area contributed by atoms with Crippen LogP contribution in [0.3, 0.4) is 0 Å². The SMILES string of the molecule is CC(C)c1cccc2sc(N(Cc3ccccn3)C(=O)Cc3ccc4ccccc4c3)nc12. The van der Waals surface area contributed by atoms with Crippen LogP contribution in [-0.4, -0.2) is 15.9 Å². The van der Waals surface area contributed by atoms with Gasteiger partial charge in [0.1, 0.15) is 0 Å². The molecule has 0 aliphatic heterocycles. The molecule has 2 heterocycles. The highest BCUT2D eigenvalue weighted by Crippen LogP contribution is 2.34. The van der Waals surface area contributed by atoms with Gasteiger partial charge in [0.2, 0.25) is 5.91 Å². The van der Waals surface area contributed by atoms with Crippen molar-refractivity contribution in [3.8, 4) is 0 Å². The molecule has 0 saturated heterocycles. The topological polar surface area (TPSA) is 46.1 Å². The van der Waals surface area contributed by atoms with E-state index in [9.17, 15) is 4.79 Å². The number of para-hydroxylation sites is 1. The maximum Gasteiger partial charge on any atom is 0.233 e. The molecule has 0 fully saturated rings. The van der Waals surface area contributed by atoms with Gasteiger partial charge in [-0.25, -0.2) is 4.98 Å². The monoisotopic (exact) mass is 451 g/mol. The molecule has 0 spiro atoms. The van der Waals surface area contributed by atoms with E-state index >= 15 is 0 Å². The summed E-state index contributed by atoms with van der Waals surface area (Å²) in [4.78, 5) is 24.8. The van der Waals surface area contributed by atoms with Crippen LogP contribution in [-0.2, 0) is 17.8 Å². The predicted octanol–water partition coefficient (Wildman–Crippen LogP) is 6.74. The lowest BCUT2D eigenvalue weighted by atomic mass is 10.0. The smallest absolute Gasteiger partial charge is 0.233 e. The predicted molar refractivity (Wildman–Crippen MR) is 137 cm³/mol. The van der Waals surface area contributed by atoms with Gasteiger partial charge in [-0.05, 0) is 46.0 Å². The molecule has 5 heteroatoms. The summed E-state index contributed by atoms with van der Waals surface area (Å²) in [6, 6.07) is 26.5. The van der Waals surface area contributed by atoms with E-state index < -0.39 is 0 Å². The van der Waals surface area contributed by atoms with Gasteiger partial charge in [-0.15, -0.1) is 0 Å². The molecule has 5 rings (SSSR count). The van der Waals surface area contributed by atoms with Gasteiger partial charge < -0.3 is 0 Å². The Bertz CT molecular complexity index is 1430. The largest absolute Gasteiger partial charge is 0.282 e. The molecular weight excluding hydrogens is 426 g/mol. The number of amides is 1. The highest BCUT2D eigenvalue weighted by molar-refractivity contribution is 7.22. The number of benzene rings is 3. The van der Waals surface area contributed by atoms with Crippen molar-refractivity contribution in [2.45, 2.75) is 32.7 Å². The van der Waals surface area contributed by atoms with Crippen molar-refractivity contribution in [3.05, 3.63) is 102 Å². The Morgan fingerprint density at radius 3 is 2.55 bits per heavy atom. The van der Waals surface area contributed by atoms with Gasteiger partial charge in [0.25, 0.3) is 0 Å². The number of rotatable bonds is 6. The number of carbonyl (C=O) groups is 1. The average Bonchev–Trinajstić information content (AvgIpc) is 3.27. The van der Waals surface area contributed by atoms with E-state index in [2.05, 4.69) is 61.3 Å². The quantitative estimate of drug-likeness (QED) is 0.287. The summed E-state index contributed by atoms with van der Waals surface area (Å²) in [5, 5.41) is 3.03. The van der Waals surface area contributed by atoms with Crippen molar-refractivity contribution >= 4 is 43.4 Å². The Labute approximate surface area is 197 Å². The Morgan fingerprint density at radius 1 is 0.939 bits per heavy atom. The Hall–Kier alpha value is -3.57. The zero-order valence-corrected chi connectivity index (χ0v) is 19.5. The molecule has 0 aliphatic carbocycles. The molecule has 3 aromatic carbocycles. The van der Waals surface area contributed by atoms with Crippen LogP contribution in [0, 0.1) is 0 Å². The molecule has 0 saturated carbocycles. The van der Waals surface area contributed by atoms with Crippen LogP contribution in [0.4, 0.5) is 5.13 Å². The molecule has 1 amide bonds. The van der Waals surface area contributed by atoms with Crippen molar-refractivity contribution in [1.82, 2.24) is 9.97 Å². The fraction of sp³-hybridized carbons (Fsp3) is 0.179. The number of anilines is 1. The van der Waals surface area contributed by atoms with E-state index in [0.29, 0.717) is 18.9 Å². The molecule has 0 radical (unpaired) electrons. The second-order valence-electron chi connectivity index (χ2n) is 8.50. The van der Waals surface area contributed by atoms with Crippen LogP contribution < -0.4 is 4.90 Å². The fourth-order valence-electron chi connectivity index (χ4n) is 4.07. The number of carbonyl (C=O) groups excluding carboxylic acids is 1.